The van der Waals surface area contributed by atoms with Crippen LogP contribution in [-0.4, -0.2) is 52.7 Å². The number of amides is 1. The summed E-state index contributed by atoms with van der Waals surface area (Å²) < 4.78 is 5.54. The number of phenols is 1. The van der Waals surface area contributed by atoms with Gasteiger partial charge in [-0.25, -0.2) is 9.59 Å². The van der Waals surface area contributed by atoms with Crippen LogP contribution in [0.1, 0.15) is 46.4 Å². The summed E-state index contributed by atoms with van der Waals surface area (Å²) in [7, 11) is 1.67. The summed E-state index contributed by atoms with van der Waals surface area (Å²) in [6.07, 6.45) is 3.50. The molecule has 0 radical (unpaired) electrons. The SMILES string of the molecule is CNc1c(O)ccc(CCN(Cc2ccc(C(=O)O)s2)C(=O)OC(C)(C)C)c1/C=C\C=O. The van der Waals surface area contributed by atoms with E-state index in [1.54, 1.807) is 52.1 Å². The number of carbonyl (C=O) groups excluding carboxylic acids is 2. The van der Waals surface area contributed by atoms with Crippen molar-refractivity contribution in [3.63, 3.8) is 0 Å². The summed E-state index contributed by atoms with van der Waals surface area (Å²) in [5, 5.41) is 22.2. The molecular formula is C23H28N2O6S. The van der Waals surface area contributed by atoms with Crippen molar-refractivity contribution in [2.45, 2.75) is 39.3 Å². The highest BCUT2D eigenvalue weighted by Gasteiger charge is 2.23. The molecular weight excluding hydrogens is 432 g/mol. The number of benzene rings is 1. The number of carboxylic acids is 1. The summed E-state index contributed by atoms with van der Waals surface area (Å²) in [5.74, 6) is -0.967. The van der Waals surface area contributed by atoms with Crippen LogP contribution in [-0.2, 0) is 22.5 Å². The van der Waals surface area contributed by atoms with Crippen molar-refractivity contribution in [1.82, 2.24) is 4.90 Å². The molecule has 2 aromatic rings. The number of thiophene rings is 1. The number of nitrogens with zero attached hydrogens (tertiary/aromatic N) is 1. The highest BCUT2D eigenvalue weighted by atomic mass is 32.1. The molecule has 1 amide bonds. The number of ether oxygens (including phenoxy) is 1. The van der Waals surface area contributed by atoms with Gasteiger partial charge in [-0.3, -0.25) is 4.79 Å². The normalized spacial score (nSPS) is 11.4. The first-order valence-corrected chi connectivity index (χ1v) is 10.8. The Bertz CT molecular complexity index is 1010. The maximum absolute atomic E-state index is 12.8. The molecule has 0 saturated carbocycles. The number of hydrogen-bond donors (Lipinski definition) is 3. The van der Waals surface area contributed by atoms with Crippen molar-refractivity contribution in [1.29, 1.82) is 0 Å². The lowest BCUT2D eigenvalue weighted by molar-refractivity contribution is -0.104. The Kier molecular flexibility index (Phi) is 8.42. The third-order valence-electron chi connectivity index (χ3n) is 4.43. The number of carboxylic acid groups (broad SMARTS) is 1. The van der Waals surface area contributed by atoms with Crippen LogP contribution in [0.5, 0.6) is 5.75 Å². The van der Waals surface area contributed by atoms with Crippen LogP contribution in [0.15, 0.2) is 30.3 Å². The van der Waals surface area contributed by atoms with Gasteiger partial charge in [-0.15, -0.1) is 11.3 Å². The van der Waals surface area contributed by atoms with Crippen molar-refractivity contribution in [2.24, 2.45) is 0 Å². The molecule has 0 atom stereocenters. The lowest BCUT2D eigenvalue weighted by Gasteiger charge is -2.27. The van der Waals surface area contributed by atoms with Crippen molar-refractivity contribution < 1.29 is 29.3 Å². The quantitative estimate of drug-likeness (QED) is 0.289. The zero-order valence-corrected chi connectivity index (χ0v) is 19.4. The Hall–Kier alpha value is -3.33. The lowest BCUT2D eigenvalue weighted by atomic mass is 10.0. The highest BCUT2D eigenvalue weighted by molar-refractivity contribution is 7.13. The fraction of sp³-hybridized carbons (Fsp3) is 0.348. The van der Waals surface area contributed by atoms with Crippen molar-refractivity contribution in [2.75, 3.05) is 18.9 Å². The Morgan fingerprint density at radius 2 is 1.94 bits per heavy atom. The minimum Gasteiger partial charge on any atom is -0.506 e. The number of aromatic carboxylic acids is 1. The second-order valence-corrected chi connectivity index (χ2v) is 9.17. The zero-order chi connectivity index (χ0) is 23.9. The van der Waals surface area contributed by atoms with Gasteiger partial charge in [-0.2, -0.15) is 0 Å². The van der Waals surface area contributed by atoms with Crippen molar-refractivity contribution in [3.8, 4) is 5.75 Å². The Morgan fingerprint density at radius 1 is 1.22 bits per heavy atom. The molecule has 0 aliphatic rings. The van der Waals surface area contributed by atoms with E-state index in [4.69, 9.17) is 9.84 Å². The number of aldehydes is 1. The zero-order valence-electron chi connectivity index (χ0n) is 18.5. The number of anilines is 1. The van der Waals surface area contributed by atoms with E-state index in [1.807, 2.05) is 0 Å². The van der Waals surface area contributed by atoms with Gasteiger partial charge in [-0.05, 0) is 63.1 Å². The molecule has 3 N–H and O–H groups in total. The van der Waals surface area contributed by atoms with Crippen LogP contribution >= 0.6 is 11.3 Å². The van der Waals surface area contributed by atoms with E-state index < -0.39 is 17.7 Å². The molecule has 0 bridgehead atoms. The van der Waals surface area contributed by atoms with Gasteiger partial charge >= 0.3 is 12.1 Å². The van der Waals surface area contributed by atoms with E-state index in [0.717, 1.165) is 21.8 Å². The van der Waals surface area contributed by atoms with Gasteiger partial charge in [0.1, 0.15) is 22.5 Å². The number of nitrogens with one attached hydrogen (secondary N) is 1. The maximum Gasteiger partial charge on any atom is 0.410 e. The maximum atomic E-state index is 12.8. The van der Waals surface area contributed by atoms with Crippen LogP contribution in [0, 0.1) is 0 Å². The summed E-state index contributed by atoms with van der Waals surface area (Å²) in [5.41, 5.74) is 1.25. The van der Waals surface area contributed by atoms with Gasteiger partial charge < -0.3 is 25.2 Å². The molecule has 0 aliphatic carbocycles. The Morgan fingerprint density at radius 3 is 2.50 bits per heavy atom. The Labute approximate surface area is 191 Å². The van der Waals surface area contributed by atoms with Gasteiger partial charge in [0.2, 0.25) is 0 Å². The van der Waals surface area contributed by atoms with E-state index in [1.165, 1.54) is 17.0 Å². The van der Waals surface area contributed by atoms with Crippen molar-refractivity contribution in [3.05, 3.63) is 51.2 Å². The van der Waals surface area contributed by atoms with E-state index in [-0.39, 0.29) is 23.7 Å². The molecule has 0 spiro atoms. The fourth-order valence-electron chi connectivity index (χ4n) is 3.04. The monoisotopic (exact) mass is 460 g/mol. The molecule has 2 rings (SSSR count). The fourth-order valence-corrected chi connectivity index (χ4v) is 3.90. The summed E-state index contributed by atoms with van der Waals surface area (Å²) in [6.45, 7) is 5.81. The predicted molar refractivity (Wildman–Crippen MR) is 124 cm³/mol. The number of allylic oxidation sites excluding steroid dienone is 1. The standard InChI is InChI=1S/C23H28N2O6S/c1-23(2,3)31-22(30)25(14-16-8-10-19(32-16)21(28)29)12-11-15-7-9-18(27)20(24-4)17(15)6-5-13-26/h5-10,13,24,27H,11-12,14H2,1-4H3,(H,28,29)/b6-5-. The molecule has 1 aromatic heterocycles. The third-order valence-corrected chi connectivity index (χ3v) is 5.49. The molecule has 1 heterocycles. The molecule has 0 unspecified atom stereocenters. The van der Waals surface area contributed by atoms with Crippen LogP contribution in [0.25, 0.3) is 6.08 Å². The van der Waals surface area contributed by atoms with Crippen LogP contribution in [0.3, 0.4) is 0 Å². The molecule has 0 aliphatic heterocycles. The predicted octanol–water partition coefficient (Wildman–Crippen LogP) is 4.39. The minimum absolute atomic E-state index is 0.0468. The van der Waals surface area contributed by atoms with Crippen molar-refractivity contribution >= 4 is 41.4 Å². The smallest absolute Gasteiger partial charge is 0.410 e. The van der Waals surface area contributed by atoms with Crippen LogP contribution in [0.2, 0.25) is 0 Å². The number of hydrogen-bond acceptors (Lipinski definition) is 7. The van der Waals surface area contributed by atoms with Gasteiger partial charge in [-0.1, -0.05) is 6.07 Å². The largest absolute Gasteiger partial charge is 0.506 e. The topological polar surface area (TPSA) is 116 Å². The first-order chi connectivity index (χ1) is 15.1. The van der Waals surface area contributed by atoms with E-state index >= 15 is 0 Å². The highest BCUT2D eigenvalue weighted by Crippen LogP contribution is 2.31. The average molecular weight is 461 g/mol. The second kappa shape index (κ2) is 10.8. The van der Waals surface area contributed by atoms with E-state index in [2.05, 4.69) is 5.32 Å². The van der Waals surface area contributed by atoms with E-state index in [0.29, 0.717) is 24.0 Å². The minimum atomic E-state index is -1.01. The molecule has 8 nitrogen and oxygen atoms in total. The molecule has 32 heavy (non-hydrogen) atoms. The first-order valence-electron chi connectivity index (χ1n) is 10.00. The van der Waals surface area contributed by atoms with Crippen LogP contribution < -0.4 is 5.32 Å². The number of aromatic hydroxyl groups is 1. The first kappa shape index (κ1) is 24.9. The molecule has 172 valence electrons. The lowest BCUT2D eigenvalue weighted by Crippen LogP contribution is -2.37. The molecule has 9 heteroatoms. The summed E-state index contributed by atoms with van der Waals surface area (Å²) >= 11 is 1.11. The molecule has 0 saturated heterocycles. The molecule has 0 fully saturated rings. The third kappa shape index (κ3) is 6.84. The van der Waals surface area contributed by atoms with Gasteiger partial charge in [0.25, 0.3) is 0 Å². The summed E-state index contributed by atoms with van der Waals surface area (Å²) in [6, 6.07) is 6.48. The second-order valence-electron chi connectivity index (χ2n) is 8.00. The van der Waals surface area contributed by atoms with Gasteiger partial charge in [0, 0.05) is 24.0 Å². The van der Waals surface area contributed by atoms with E-state index in [9.17, 15) is 19.5 Å². The van der Waals surface area contributed by atoms with Gasteiger partial charge in [0.15, 0.2) is 0 Å². The Balaban J connectivity index is 2.31. The van der Waals surface area contributed by atoms with Gasteiger partial charge in [0.05, 0.1) is 12.2 Å². The number of phenolic OH excluding ortho intramolecular Hbond substituents is 1. The molecule has 1 aromatic carbocycles. The summed E-state index contributed by atoms with van der Waals surface area (Å²) in [4.78, 5) is 37.3. The number of rotatable bonds is 9. The van der Waals surface area contributed by atoms with Crippen LogP contribution in [0.4, 0.5) is 10.5 Å². The number of carbonyl (C=O) groups is 3. The average Bonchev–Trinajstić information content (AvgIpc) is 3.18.